The van der Waals surface area contributed by atoms with Crippen LogP contribution in [-0.4, -0.2) is 29.1 Å². The lowest BCUT2D eigenvalue weighted by Crippen LogP contribution is -2.36. The van der Waals surface area contributed by atoms with E-state index in [0.717, 1.165) is 35.7 Å². The van der Waals surface area contributed by atoms with Crippen LogP contribution in [-0.2, 0) is 4.79 Å². The number of aromatic nitrogens is 1. The largest absolute Gasteiger partial charge is 0.481 e. The standard InChI is InChI=1S/C10H13BrN2O2S/c11-8-6-16-10(12-8)13-3-1-2-7(5-13)4-9(14)15/h6-7H,1-5H2,(H,14,15). The number of halogens is 1. The molecule has 0 saturated carbocycles. The van der Waals surface area contributed by atoms with Gasteiger partial charge in [-0.15, -0.1) is 11.3 Å². The molecule has 6 heteroatoms. The van der Waals surface area contributed by atoms with Gasteiger partial charge in [0.2, 0.25) is 0 Å². The summed E-state index contributed by atoms with van der Waals surface area (Å²) in [6.07, 6.45) is 2.33. The van der Waals surface area contributed by atoms with E-state index < -0.39 is 5.97 Å². The topological polar surface area (TPSA) is 53.4 Å². The average Bonchev–Trinajstić information content (AvgIpc) is 2.64. The second-order valence-electron chi connectivity index (χ2n) is 4.00. The number of nitrogens with zero attached hydrogens (tertiary/aromatic N) is 2. The van der Waals surface area contributed by atoms with Gasteiger partial charge in [-0.25, -0.2) is 4.98 Å². The number of carboxylic acid groups (broad SMARTS) is 1. The Hall–Kier alpha value is -0.620. The van der Waals surface area contributed by atoms with E-state index in [1.54, 1.807) is 11.3 Å². The van der Waals surface area contributed by atoms with E-state index >= 15 is 0 Å². The molecule has 0 bridgehead atoms. The number of aliphatic carboxylic acids is 1. The Balaban J connectivity index is 1.99. The zero-order valence-electron chi connectivity index (χ0n) is 8.73. The minimum atomic E-state index is -0.702. The molecule has 88 valence electrons. The van der Waals surface area contributed by atoms with Gasteiger partial charge in [-0.1, -0.05) is 0 Å². The third kappa shape index (κ3) is 2.95. The highest BCUT2D eigenvalue weighted by atomic mass is 79.9. The summed E-state index contributed by atoms with van der Waals surface area (Å²) in [6, 6.07) is 0. The van der Waals surface area contributed by atoms with E-state index in [4.69, 9.17) is 5.11 Å². The smallest absolute Gasteiger partial charge is 0.303 e. The summed E-state index contributed by atoms with van der Waals surface area (Å²) in [6.45, 7) is 1.79. The Kier molecular flexibility index (Phi) is 3.81. The van der Waals surface area contributed by atoms with Crippen molar-refractivity contribution in [1.29, 1.82) is 0 Å². The summed E-state index contributed by atoms with van der Waals surface area (Å²) in [4.78, 5) is 17.2. The molecule has 1 aliphatic heterocycles. The van der Waals surface area contributed by atoms with Gasteiger partial charge in [-0.05, 0) is 34.7 Å². The molecule has 1 unspecified atom stereocenters. The van der Waals surface area contributed by atoms with Crippen LogP contribution in [0.2, 0.25) is 0 Å². The van der Waals surface area contributed by atoms with Crippen molar-refractivity contribution in [1.82, 2.24) is 4.98 Å². The summed E-state index contributed by atoms with van der Waals surface area (Å²) < 4.78 is 0.854. The molecule has 1 fully saturated rings. The summed E-state index contributed by atoms with van der Waals surface area (Å²) >= 11 is 4.93. The summed E-state index contributed by atoms with van der Waals surface area (Å²) in [5.74, 6) is -0.443. The van der Waals surface area contributed by atoms with Crippen molar-refractivity contribution in [2.75, 3.05) is 18.0 Å². The van der Waals surface area contributed by atoms with Crippen molar-refractivity contribution in [3.63, 3.8) is 0 Å². The molecule has 1 saturated heterocycles. The molecule has 0 radical (unpaired) electrons. The average molecular weight is 305 g/mol. The van der Waals surface area contributed by atoms with Crippen LogP contribution in [0, 0.1) is 5.92 Å². The first-order chi connectivity index (χ1) is 7.65. The Morgan fingerprint density at radius 2 is 2.56 bits per heavy atom. The van der Waals surface area contributed by atoms with E-state index in [0.29, 0.717) is 0 Å². The van der Waals surface area contributed by atoms with Gasteiger partial charge in [-0.2, -0.15) is 0 Å². The van der Waals surface area contributed by atoms with E-state index in [1.165, 1.54) is 0 Å². The molecule has 0 aromatic carbocycles. The predicted octanol–water partition coefficient (Wildman–Crippen LogP) is 2.60. The fourth-order valence-corrected chi connectivity index (χ4v) is 3.33. The van der Waals surface area contributed by atoms with Crippen LogP contribution >= 0.6 is 27.3 Å². The molecule has 0 amide bonds. The highest BCUT2D eigenvalue weighted by Gasteiger charge is 2.23. The van der Waals surface area contributed by atoms with Crippen molar-refractivity contribution >= 4 is 38.4 Å². The first-order valence-electron chi connectivity index (χ1n) is 5.23. The number of carboxylic acids is 1. The van der Waals surface area contributed by atoms with Crippen molar-refractivity contribution in [2.45, 2.75) is 19.3 Å². The van der Waals surface area contributed by atoms with Crippen LogP contribution < -0.4 is 4.90 Å². The van der Waals surface area contributed by atoms with Gasteiger partial charge < -0.3 is 10.0 Å². The maximum atomic E-state index is 10.7. The summed E-state index contributed by atoms with van der Waals surface area (Å²) in [7, 11) is 0. The van der Waals surface area contributed by atoms with Crippen LogP contribution in [0.25, 0.3) is 0 Å². The number of rotatable bonds is 3. The molecule has 1 atom stereocenters. The van der Waals surface area contributed by atoms with Gasteiger partial charge in [0.25, 0.3) is 0 Å². The van der Waals surface area contributed by atoms with Crippen LogP contribution in [0.5, 0.6) is 0 Å². The third-order valence-corrected chi connectivity index (χ3v) is 4.33. The molecule has 1 aliphatic rings. The maximum absolute atomic E-state index is 10.7. The van der Waals surface area contributed by atoms with Crippen LogP contribution in [0.1, 0.15) is 19.3 Å². The van der Waals surface area contributed by atoms with Gasteiger partial charge in [0, 0.05) is 24.9 Å². The van der Waals surface area contributed by atoms with E-state index in [9.17, 15) is 4.79 Å². The second-order valence-corrected chi connectivity index (χ2v) is 5.65. The van der Waals surface area contributed by atoms with Gasteiger partial charge in [-0.3, -0.25) is 4.79 Å². The Labute approximate surface area is 106 Å². The highest BCUT2D eigenvalue weighted by Crippen LogP contribution is 2.28. The van der Waals surface area contributed by atoms with E-state index in [2.05, 4.69) is 25.8 Å². The molecule has 16 heavy (non-hydrogen) atoms. The Bertz CT molecular complexity index is 383. The fourth-order valence-electron chi connectivity index (χ4n) is 2.04. The quantitative estimate of drug-likeness (QED) is 0.932. The zero-order valence-corrected chi connectivity index (χ0v) is 11.1. The molecule has 2 heterocycles. The minimum absolute atomic E-state index is 0.258. The van der Waals surface area contributed by atoms with Gasteiger partial charge in [0.15, 0.2) is 5.13 Å². The number of hydrogen-bond donors (Lipinski definition) is 1. The highest BCUT2D eigenvalue weighted by molar-refractivity contribution is 9.10. The summed E-state index contributed by atoms with van der Waals surface area (Å²) in [5.41, 5.74) is 0. The lowest BCUT2D eigenvalue weighted by Gasteiger charge is -2.31. The molecule has 2 rings (SSSR count). The predicted molar refractivity (Wildman–Crippen MR) is 67.0 cm³/mol. The number of piperidine rings is 1. The second kappa shape index (κ2) is 5.14. The lowest BCUT2D eigenvalue weighted by molar-refractivity contribution is -0.138. The Morgan fingerprint density at radius 1 is 1.75 bits per heavy atom. The van der Waals surface area contributed by atoms with Crippen LogP contribution in [0.15, 0.2) is 9.98 Å². The zero-order chi connectivity index (χ0) is 11.5. The molecule has 0 spiro atoms. The van der Waals surface area contributed by atoms with Crippen molar-refractivity contribution in [2.24, 2.45) is 5.92 Å². The minimum Gasteiger partial charge on any atom is -0.481 e. The molecule has 1 N–H and O–H groups in total. The first-order valence-corrected chi connectivity index (χ1v) is 6.90. The first kappa shape index (κ1) is 11.9. The molecular formula is C10H13BrN2O2S. The van der Waals surface area contributed by atoms with Crippen LogP contribution in [0.4, 0.5) is 5.13 Å². The number of anilines is 1. The van der Waals surface area contributed by atoms with E-state index in [-0.39, 0.29) is 12.3 Å². The monoisotopic (exact) mass is 304 g/mol. The number of thiazole rings is 1. The van der Waals surface area contributed by atoms with Crippen molar-refractivity contribution < 1.29 is 9.90 Å². The molecular weight excluding hydrogens is 292 g/mol. The summed E-state index contributed by atoms with van der Waals surface area (Å²) in [5, 5.41) is 11.7. The SMILES string of the molecule is O=C(O)CC1CCCN(c2nc(Br)cs2)C1. The van der Waals surface area contributed by atoms with Crippen molar-refractivity contribution in [3.8, 4) is 0 Å². The normalized spacial score (nSPS) is 21.1. The third-order valence-electron chi connectivity index (χ3n) is 2.72. The lowest BCUT2D eigenvalue weighted by atomic mass is 9.95. The molecule has 4 nitrogen and oxygen atoms in total. The molecule has 0 aliphatic carbocycles. The molecule has 1 aromatic rings. The molecule has 1 aromatic heterocycles. The fraction of sp³-hybridized carbons (Fsp3) is 0.600. The van der Waals surface area contributed by atoms with Crippen LogP contribution in [0.3, 0.4) is 0 Å². The number of hydrogen-bond acceptors (Lipinski definition) is 4. The van der Waals surface area contributed by atoms with Gasteiger partial charge in [0.1, 0.15) is 4.60 Å². The van der Waals surface area contributed by atoms with Crippen molar-refractivity contribution in [3.05, 3.63) is 9.98 Å². The maximum Gasteiger partial charge on any atom is 0.303 e. The van der Waals surface area contributed by atoms with Gasteiger partial charge >= 0.3 is 5.97 Å². The Morgan fingerprint density at radius 3 is 3.19 bits per heavy atom. The van der Waals surface area contributed by atoms with E-state index in [1.807, 2.05) is 5.38 Å². The number of carbonyl (C=O) groups is 1. The van der Waals surface area contributed by atoms with Gasteiger partial charge in [0.05, 0.1) is 0 Å².